The van der Waals surface area contributed by atoms with Crippen molar-refractivity contribution >= 4 is 11.8 Å². The molecule has 0 heterocycles. The monoisotopic (exact) mass is 448 g/mol. The van der Waals surface area contributed by atoms with Crippen LogP contribution in [0.4, 0.5) is 0 Å². The van der Waals surface area contributed by atoms with Crippen molar-refractivity contribution in [1.29, 1.82) is 0 Å². The standard InChI is InChI=1S/C24H44N6O2/c25-11-6-14-27-12-3-4-13-28-15-7-17-30-24(32)22(26)10-1-2-16-29-23(31)20-9-5-8-19-18-21(19)20/h5,8-9,19,21-22,27-28H,1-4,6-7,10-18,25-26H2,(H,29,31)(H,30,32)/t19?,21?,22-/m1/s1. The number of unbranched alkanes of at least 4 members (excludes halogenated alkanes) is 2. The van der Waals surface area contributed by atoms with Gasteiger partial charge in [-0.15, -0.1) is 0 Å². The van der Waals surface area contributed by atoms with E-state index in [-0.39, 0.29) is 11.8 Å². The molecule has 0 aromatic rings. The molecule has 32 heavy (non-hydrogen) atoms. The molecule has 182 valence electrons. The zero-order valence-corrected chi connectivity index (χ0v) is 19.5. The lowest BCUT2D eigenvalue weighted by atomic mass is 10.0. The Hall–Kier alpha value is -1.74. The highest BCUT2D eigenvalue weighted by molar-refractivity contribution is 5.95. The quantitative estimate of drug-likeness (QED) is 0.160. The molecule has 0 aromatic carbocycles. The fourth-order valence-corrected chi connectivity index (χ4v) is 3.91. The Morgan fingerprint density at radius 1 is 0.906 bits per heavy atom. The maximum Gasteiger partial charge on any atom is 0.247 e. The highest BCUT2D eigenvalue weighted by atomic mass is 16.2. The summed E-state index contributed by atoms with van der Waals surface area (Å²) in [5, 5.41) is 12.7. The minimum absolute atomic E-state index is 0.0525. The van der Waals surface area contributed by atoms with Crippen LogP contribution in [0.3, 0.4) is 0 Å². The molecule has 0 saturated heterocycles. The van der Waals surface area contributed by atoms with E-state index in [1.807, 2.05) is 12.2 Å². The predicted molar refractivity (Wildman–Crippen MR) is 130 cm³/mol. The summed E-state index contributed by atoms with van der Waals surface area (Å²) in [6.07, 6.45) is 13.7. The Morgan fingerprint density at radius 3 is 2.31 bits per heavy atom. The van der Waals surface area contributed by atoms with Crippen LogP contribution in [0.25, 0.3) is 0 Å². The van der Waals surface area contributed by atoms with E-state index in [1.165, 1.54) is 0 Å². The van der Waals surface area contributed by atoms with Crippen molar-refractivity contribution in [2.75, 3.05) is 45.8 Å². The van der Waals surface area contributed by atoms with E-state index < -0.39 is 6.04 Å². The summed E-state index contributed by atoms with van der Waals surface area (Å²) >= 11 is 0. The first-order valence-corrected chi connectivity index (χ1v) is 12.4. The Bertz CT molecular complexity index is 622. The predicted octanol–water partition coefficient (Wildman–Crippen LogP) is 0.547. The number of hydrogen-bond donors (Lipinski definition) is 6. The van der Waals surface area contributed by atoms with Gasteiger partial charge in [0.2, 0.25) is 11.8 Å². The van der Waals surface area contributed by atoms with Crippen LogP contribution in [0.15, 0.2) is 23.8 Å². The molecule has 2 aliphatic carbocycles. The first-order valence-electron chi connectivity index (χ1n) is 12.4. The first-order chi connectivity index (χ1) is 15.6. The molecule has 0 spiro atoms. The maximum atomic E-state index is 12.2. The van der Waals surface area contributed by atoms with Crippen LogP contribution in [0.2, 0.25) is 0 Å². The molecule has 0 bridgehead atoms. The Morgan fingerprint density at radius 2 is 1.56 bits per heavy atom. The minimum atomic E-state index is -0.483. The fraction of sp³-hybridized carbons (Fsp3) is 0.750. The third-order valence-electron chi connectivity index (χ3n) is 6.04. The Balaban J connectivity index is 1.36. The second kappa shape index (κ2) is 16.0. The summed E-state index contributed by atoms with van der Waals surface area (Å²) in [6, 6.07) is -0.483. The number of carbonyl (C=O) groups is 2. The van der Waals surface area contributed by atoms with E-state index in [0.717, 1.165) is 83.2 Å². The van der Waals surface area contributed by atoms with Crippen LogP contribution in [-0.2, 0) is 9.59 Å². The van der Waals surface area contributed by atoms with Gasteiger partial charge in [0.25, 0.3) is 0 Å². The molecule has 8 N–H and O–H groups in total. The van der Waals surface area contributed by atoms with Crippen molar-refractivity contribution < 1.29 is 9.59 Å². The average Bonchev–Trinajstić information content (AvgIpc) is 3.59. The Labute approximate surface area is 193 Å². The number of hydrogen-bond acceptors (Lipinski definition) is 6. The van der Waals surface area contributed by atoms with Crippen LogP contribution in [0, 0.1) is 11.8 Å². The number of nitrogens with two attached hydrogens (primary N) is 2. The first kappa shape index (κ1) is 26.5. The lowest BCUT2D eigenvalue weighted by molar-refractivity contribution is -0.122. The smallest absolute Gasteiger partial charge is 0.247 e. The summed E-state index contributed by atoms with van der Waals surface area (Å²) in [5.74, 6) is 0.974. The van der Waals surface area contributed by atoms with Crippen LogP contribution < -0.4 is 32.7 Å². The molecule has 2 unspecified atom stereocenters. The van der Waals surface area contributed by atoms with E-state index in [9.17, 15) is 9.59 Å². The molecule has 2 amide bonds. The van der Waals surface area contributed by atoms with Gasteiger partial charge in [-0.25, -0.2) is 0 Å². The summed E-state index contributed by atoms with van der Waals surface area (Å²) in [7, 11) is 0. The molecule has 8 nitrogen and oxygen atoms in total. The van der Waals surface area contributed by atoms with Gasteiger partial charge in [0, 0.05) is 18.7 Å². The topological polar surface area (TPSA) is 134 Å². The van der Waals surface area contributed by atoms with Gasteiger partial charge in [0.15, 0.2) is 0 Å². The van der Waals surface area contributed by atoms with Crippen molar-refractivity contribution in [3.05, 3.63) is 23.8 Å². The van der Waals surface area contributed by atoms with Gasteiger partial charge in [-0.2, -0.15) is 0 Å². The van der Waals surface area contributed by atoms with Gasteiger partial charge in [-0.05, 0) is 95.9 Å². The largest absolute Gasteiger partial charge is 0.355 e. The van der Waals surface area contributed by atoms with Crippen LogP contribution in [0.1, 0.15) is 51.4 Å². The normalized spacial score (nSPS) is 19.8. The summed E-state index contributed by atoms with van der Waals surface area (Å²) in [6.45, 7) is 5.94. The SMILES string of the molecule is NCCCNCCCCNCCCNC(=O)[C@H](N)CCCCNC(=O)C1=CC=CC2CC12. The van der Waals surface area contributed by atoms with Crippen LogP contribution in [0.5, 0.6) is 0 Å². The van der Waals surface area contributed by atoms with Crippen molar-refractivity contribution in [2.24, 2.45) is 23.3 Å². The van der Waals surface area contributed by atoms with Gasteiger partial charge >= 0.3 is 0 Å². The van der Waals surface area contributed by atoms with E-state index >= 15 is 0 Å². The van der Waals surface area contributed by atoms with Gasteiger partial charge in [0.1, 0.15) is 0 Å². The number of fused-ring (bicyclic) bond motifs is 1. The molecular weight excluding hydrogens is 404 g/mol. The molecule has 1 saturated carbocycles. The van der Waals surface area contributed by atoms with Crippen LogP contribution >= 0.6 is 0 Å². The third kappa shape index (κ3) is 10.7. The molecule has 0 aromatic heterocycles. The van der Waals surface area contributed by atoms with Gasteiger partial charge in [-0.1, -0.05) is 18.2 Å². The van der Waals surface area contributed by atoms with E-state index in [1.54, 1.807) is 0 Å². The molecule has 2 aliphatic rings. The summed E-state index contributed by atoms with van der Waals surface area (Å²) in [4.78, 5) is 24.3. The lowest BCUT2D eigenvalue weighted by Gasteiger charge is -2.13. The number of amides is 2. The van der Waals surface area contributed by atoms with E-state index in [0.29, 0.717) is 31.3 Å². The molecular formula is C24H44N6O2. The van der Waals surface area contributed by atoms with Gasteiger partial charge in [0.05, 0.1) is 6.04 Å². The number of carbonyl (C=O) groups excluding carboxylic acids is 2. The number of nitrogens with one attached hydrogen (secondary N) is 4. The minimum Gasteiger partial charge on any atom is -0.355 e. The summed E-state index contributed by atoms with van der Waals surface area (Å²) in [5.41, 5.74) is 12.4. The number of rotatable bonds is 19. The van der Waals surface area contributed by atoms with Crippen molar-refractivity contribution in [2.45, 2.75) is 57.4 Å². The van der Waals surface area contributed by atoms with Gasteiger partial charge < -0.3 is 32.7 Å². The van der Waals surface area contributed by atoms with Crippen molar-refractivity contribution in [3.8, 4) is 0 Å². The molecule has 0 aliphatic heterocycles. The molecule has 3 atom stereocenters. The molecule has 0 radical (unpaired) electrons. The second-order valence-corrected chi connectivity index (χ2v) is 8.87. The second-order valence-electron chi connectivity index (χ2n) is 8.87. The van der Waals surface area contributed by atoms with Crippen LogP contribution in [-0.4, -0.2) is 63.7 Å². The molecule has 1 fully saturated rings. The van der Waals surface area contributed by atoms with Crippen molar-refractivity contribution in [3.63, 3.8) is 0 Å². The Kier molecular flexibility index (Phi) is 13.2. The van der Waals surface area contributed by atoms with E-state index in [2.05, 4.69) is 27.3 Å². The highest BCUT2D eigenvalue weighted by Gasteiger charge is 2.41. The summed E-state index contributed by atoms with van der Waals surface area (Å²) < 4.78 is 0. The number of allylic oxidation sites excluding steroid dienone is 3. The van der Waals surface area contributed by atoms with E-state index in [4.69, 9.17) is 11.5 Å². The highest BCUT2D eigenvalue weighted by Crippen LogP contribution is 2.47. The zero-order valence-electron chi connectivity index (χ0n) is 19.5. The third-order valence-corrected chi connectivity index (χ3v) is 6.04. The zero-order chi connectivity index (χ0) is 23.0. The molecule has 2 rings (SSSR count). The lowest BCUT2D eigenvalue weighted by Crippen LogP contribution is -2.41. The fourth-order valence-electron chi connectivity index (χ4n) is 3.91. The molecule has 8 heteroatoms. The van der Waals surface area contributed by atoms with Gasteiger partial charge in [-0.3, -0.25) is 9.59 Å². The van der Waals surface area contributed by atoms with Crippen molar-refractivity contribution in [1.82, 2.24) is 21.3 Å². The maximum absolute atomic E-state index is 12.2. The average molecular weight is 449 g/mol.